The van der Waals surface area contributed by atoms with Gasteiger partial charge in [-0.05, 0) is 59.5 Å². The second-order valence-electron chi connectivity index (χ2n) is 7.82. The monoisotopic (exact) mass is 455 g/mol. The molecule has 2 aliphatic rings. The van der Waals surface area contributed by atoms with Crippen molar-refractivity contribution < 1.29 is 9.53 Å². The van der Waals surface area contributed by atoms with Crippen LogP contribution in [0.1, 0.15) is 28.8 Å². The predicted octanol–water partition coefficient (Wildman–Crippen LogP) is 3.42. The molecule has 2 fully saturated rings. The summed E-state index contributed by atoms with van der Waals surface area (Å²) in [6.07, 6.45) is 3.98. The van der Waals surface area contributed by atoms with E-state index in [2.05, 4.69) is 36.6 Å². The normalized spacial score (nSPS) is 16.6. The molecule has 1 amide bonds. The van der Waals surface area contributed by atoms with Gasteiger partial charge in [0.25, 0.3) is 5.91 Å². The lowest BCUT2D eigenvalue weighted by Gasteiger charge is -2.26. The summed E-state index contributed by atoms with van der Waals surface area (Å²) in [6.45, 7) is 4.41. The number of rotatable bonds is 6. The number of hydrogen-bond donors (Lipinski definition) is 2. The Labute approximate surface area is 177 Å². The Morgan fingerprint density at radius 2 is 2.14 bits per heavy atom. The molecule has 0 radical (unpaired) electrons. The quantitative estimate of drug-likeness (QED) is 0.594. The number of ether oxygens (including phenoxy) is 1. The molecule has 2 N–H and O–H groups in total. The number of imidazole rings is 1. The summed E-state index contributed by atoms with van der Waals surface area (Å²) in [6, 6.07) is 8.16. The highest BCUT2D eigenvalue weighted by molar-refractivity contribution is 9.10. The van der Waals surface area contributed by atoms with Crippen LogP contribution in [0.5, 0.6) is 0 Å². The number of aromatic nitrogens is 3. The van der Waals surface area contributed by atoms with Gasteiger partial charge >= 0.3 is 0 Å². The average molecular weight is 456 g/mol. The maximum atomic E-state index is 12.4. The second kappa shape index (κ2) is 7.42. The Balaban J connectivity index is 1.45. The molecular weight excluding hydrogens is 434 g/mol. The van der Waals surface area contributed by atoms with Gasteiger partial charge in [-0.3, -0.25) is 4.79 Å². The van der Waals surface area contributed by atoms with Gasteiger partial charge in [0.15, 0.2) is 5.65 Å². The number of carbonyl (C=O) groups excluding carboxylic acids is 1. The number of nitrogens with one attached hydrogen (secondary N) is 2. The topological polar surface area (TPSA) is 80.6 Å². The third-order valence-corrected chi connectivity index (χ3v) is 5.79. The fourth-order valence-corrected chi connectivity index (χ4v) is 3.88. The summed E-state index contributed by atoms with van der Waals surface area (Å²) in [5.41, 5.74) is 5.22. The van der Waals surface area contributed by atoms with Crippen molar-refractivity contribution in [2.24, 2.45) is 5.92 Å². The van der Waals surface area contributed by atoms with E-state index in [4.69, 9.17) is 4.74 Å². The van der Waals surface area contributed by atoms with Gasteiger partial charge in [-0.25, -0.2) is 9.50 Å². The lowest BCUT2D eigenvalue weighted by Crippen LogP contribution is -2.33. The molecule has 1 aromatic carbocycles. The van der Waals surface area contributed by atoms with Gasteiger partial charge in [0.2, 0.25) is 0 Å². The number of nitrogens with zero attached hydrogens (tertiary/aromatic N) is 3. The van der Waals surface area contributed by atoms with Crippen molar-refractivity contribution in [1.29, 1.82) is 0 Å². The number of carbonyl (C=O) groups is 1. The highest BCUT2D eigenvalue weighted by Crippen LogP contribution is 2.28. The van der Waals surface area contributed by atoms with E-state index in [1.54, 1.807) is 0 Å². The molecule has 29 heavy (non-hydrogen) atoms. The third kappa shape index (κ3) is 3.74. The zero-order valence-electron chi connectivity index (χ0n) is 16.1. The van der Waals surface area contributed by atoms with E-state index >= 15 is 0 Å². The van der Waals surface area contributed by atoms with Crippen molar-refractivity contribution in [3.05, 3.63) is 46.2 Å². The maximum Gasteiger partial charge on any atom is 0.251 e. The van der Waals surface area contributed by atoms with Crippen LogP contribution in [0.2, 0.25) is 0 Å². The molecule has 1 aliphatic carbocycles. The summed E-state index contributed by atoms with van der Waals surface area (Å²) in [5, 5.41) is 11.1. The standard InChI is InChI=1S/C21H22BrN5O2/c1-12-6-14(2-5-16(12)21(28)25-15-3-4-15)18-9-24-20-17(7-19(22)26-27(18)20)23-8-13-10-29-11-13/h2,5-7,9,13,15,23H,3-4,8,10-11H2,1H3,(H,25,28). The van der Waals surface area contributed by atoms with Crippen LogP contribution >= 0.6 is 15.9 Å². The number of halogens is 1. The van der Waals surface area contributed by atoms with Crippen molar-refractivity contribution in [3.63, 3.8) is 0 Å². The van der Waals surface area contributed by atoms with Crippen LogP contribution in [0.15, 0.2) is 35.1 Å². The molecule has 7 nitrogen and oxygen atoms in total. The van der Waals surface area contributed by atoms with Crippen LogP contribution in [0.3, 0.4) is 0 Å². The van der Waals surface area contributed by atoms with Gasteiger partial charge in [-0.15, -0.1) is 0 Å². The SMILES string of the molecule is Cc1cc(-c2cnc3c(NCC4COC4)cc(Br)nn23)ccc1C(=O)NC1CC1. The lowest BCUT2D eigenvalue weighted by atomic mass is 10.0. The third-order valence-electron chi connectivity index (χ3n) is 5.41. The lowest BCUT2D eigenvalue weighted by molar-refractivity contribution is -0.0248. The van der Waals surface area contributed by atoms with E-state index < -0.39 is 0 Å². The first-order chi connectivity index (χ1) is 14.1. The molecule has 1 aliphatic heterocycles. The first-order valence-electron chi connectivity index (χ1n) is 9.86. The summed E-state index contributed by atoms with van der Waals surface area (Å²) in [5.74, 6) is 0.537. The number of benzene rings is 1. The minimum atomic E-state index is 0.00187. The van der Waals surface area contributed by atoms with Gasteiger partial charge in [0.05, 0.1) is 30.8 Å². The molecule has 5 rings (SSSR count). The highest BCUT2D eigenvalue weighted by atomic mass is 79.9. The van der Waals surface area contributed by atoms with Crippen molar-refractivity contribution in [3.8, 4) is 11.3 Å². The Morgan fingerprint density at radius 3 is 2.83 bits per heavy atom. The van der Waals surface area contributed by atoms with Gasteiger partial charge in [-0.1, -0.05) is 6.07 Å². The molecule has 8 heteroatoms. The minimum Gasteiger partial charge on any atom is -0.381 e. The second-order valence-corrected chi connectivity index (χ2v) is 8.63. The molecule has 0 atom stereocenters. The number of hydrogen-bond acceptors (Lipinski definition) is 5. The summed E-state index contributed by atoms with van der Waals surface area (Å²) >= 11 is 3.51. The fraction of sp³-hybridized carbons (Fsp3) is 0.381. The van der Waals surface area contributed by atoms with E-state index in [1.807, 2.05) is 41.9 Å². The van der Waals surface area contributed by atoms with E-state index in [9.17, 15) is 4.79 Å². The average Bonchev–Trinajstić information content (AvgIpc) is 3.36. The molecular formula is C21H22BrN5O2. The number of fused-ring (bicyclic) bond motifs is 1. The Kier molecular flexibility index (Phi) is 4.75. The Bertz CT molecular complexity index is 1090. The van der Waals surface area contributed by atoms with Crippen molar-refractivity contribution >= 4 is 33.2 Å². The predicted molar refractivity (Wildman–Crippen MR) is 114 cm³/mol. The fourth-order valence-electron chi connectivity index (χ4n) is 3.49. The van der Waals surface area contributed by atoms with Crippen LogP contribution in [0.4, 0.5) is 5.69 Å². The molecule has 2 aromatic heterocycles. The zero-order valence-corrected chi connectivity index (χ0v) is 17.7. The van der Waals surface area contributed by atoms with Crippen LogP contribution < -0.4 is 10.6 Å². The Hall–Kier alpha value is -2.45. The molecule has 0 spiro atoms. The van der Waals surface area contributed by atoms with Gasteiger partial charge in [0.1, 0.15) is 4.60 Å². The van der Waals surface area contributed by atoms with Gasteiger partial charge < -0.3 is 15.4 Å². The van der Waals surface area contributed by atoms with Crippen molar-refractivity contribution in [1.82, 2.24) is 19.9 Å². The van der Waals surface area contributed by atoms with Crippen LogP contribution in [-0.4, -0.2) is 46.3 Å². The molecule has 0 bridgehead atoms. The largest absolute Gasteiger partial charge is 0.381 e. The molecule has 1 saturated heterocycles. The highest BCUT2D eigenvalue weighted by Gasteiger charge is 2.24. The van der Waals surface area contributed by atoms with E-state index in [0.717, 1.165) is 65.4 Å². The smallest absolute Gasteiger partial charge is 0.251 e. The summed E-state index contributed by atoms with van der Waals surface area (Å²) in [4.78, 5) is 17.0. The van der Waals surface area contributed by atoms with Gasteiger partial charge in [0, 0.05) is 29.6 Å². The van der Waals surface area contributed by atoms with Crippen molar-refractivity contribution in [2.45, 2.75) is 25.8 Å². The zero-order chi connectivity index (χ0) is 20.0. The Morgan fingerprint density at radius 1 is 1.31 bits per heavy atom. The summed E-state index contributed by atoms with van der Waals surface area (Å²) < 4.78 is 7.81. The molecule has 3 aromatic rings. The number of anilines is 1. The van der Waals surface area contributed by atoms with E-state index in [0.29, 0.717) is 17.5 Å². The van der Waals surface area contributed by atoms with E-state index in [1.165, 1.54) is 0 Å². The first-order valence-corrected chi connectivity index (χ1v) is 10.7. The first kappa shape index (κ1) is 18.6. The molecule has 0 unspecified atom stereocenters. The van der Waals surface area contributed by atoms with E-state index in [-0.39, 0.29) is 5.91 Å². The number of amides is 1. The minimum absolute atomic E-state index is 0.00187. The van der Waals surface area contributed by atoms with Crippen molar-refractivity contribution in [2.75, 3.05) is 25.1 Å². The summed E-state index contributed by atoms with van der Waals surface area (Å²) in [7, 11) is 0. The van der Waals surface area contributed by atoms with Crippen LogP contribution in [0.25, 0.3) is 16.9 Å². The molecule has 1 saturated carbocycles. The van der Waals surface area contributed by atoms with Crippen LogP contribution in [-0.2, 0) is 4.74 Å². The van der Waals surface area contributed by atoms with Gasteiger partial charge in [-0.2, -0.15) is 5.10 Å². The van der Waals surface area contributed by atoms with Crippen LogP contribution in [0, 0.1) is 12.8 Å². The maximum absolute atomic E-state index is 12.4. The molecule has 3 heterocycles. The molecule has 150 valence electrons. The number of aryl methyl sites for hydroxylation is 1.